The van der Waals surface area contributed by atoms with Crippen LogP contribution in [0, 0.1) is 0 Å². The van der Waals surface area contributed by atoms with Gasteiger partial charge in [-0.1, -0.05) is 48.5 Å². The van der Waals surface area contributed by atoms with Crippen molar-refractivity contribution in [1.82, 2.24) is 40.0 Å². The quantitative estimate of drug-likeness (QED) is 0.152. The van der Waals surface area contributed by atoms with Gasteiger partial charge in [0.2, 0.25) is 11.8 Å². The average molecular weight is 727 g/mol. The molecule has 2 aromatic heterocycles. The van der Waals surface area contributed by atoms with E-state index in [1.54, 1.807) is 29.1 Å². The number of carbonyl (C=O) groups excluding carboxylic acids is 3. The second-order valence-corrected chi connectivity index (χ2v) is 13.4. The summed E-state index contributed by atoms with van der Waals surface area (Å²) >= 11 is 0. The molecule has 53 heavy (non-hydrogen) atoms. The van der Waals surface area contributed by atoms with E-state index in [9.17, 15) is 24.3 Å². The fraction of sp³-hybridized carbons (Fsp3) is 0.421. The third-order valence-corrected chi connectivity index (χ3v) is 10.2. The van der Waals surface area contributed by atoms with Crippen LogP contribution in [0.4, 0.5) is 9.59 Å². The van der Waals surface area contributed by atoms with Gasteiger partial charge in [0, 0.05) is 40.3 Å². The summed E-state index contributed by atoms with van der Waals surface area (Å²) in [6, 6.07) is 14.3. The highest BCUT2D eigenvalue weighted by Gasteiger charge is 2.38. The Labute approximate surface area is 307 Å². The molecule has 0 saturated carbocycles. The Kier molecular flexibility index (Phi) is 11.4. The van der Waals surface area contributed by atoms with Crippen LogP contribution in [0.5, 0.6) is 0 Å². The average Bonchev–Trinajstić information content (AvgIpc) is 4.01. The molecule has 0 unspecified atom stereocenters. The molecule has 280 valence electrons. The number of benzene rings is 2. The summed E-state index contributed by atoms with van der Waals surface area (Å²) in [5, 5.41) is 12.1. The zero-order chi connectivity index (χ0) is 37.6. The summed E-state index contributed by atoms with van der Waals surface area (Å²) in [4.78, 5) is 70.6. The number of rotatable bonds is 12. The van der Waals surface area contributed by atoms with E-state index in [2.05, 4.69) is 54.3 Å². The minimum atomic E-state index is -1.16. The molecule has 2 aliphatic rings. The Balaban J connectivity index is 1.10. The van der Waals surface area contributed by atoms with E-state index >= 15 is 0 Å². The molecule has 0 radical (unpaired) electrons. The van der Waals surface area contributed by atoms with E-state index in [4.69, 9.17) is 4.74 Å². The number of methoxy groups -OCH3 is 2. The van der Waals surface area contributed by atoms with E-state index in [1.807, 2.05) is 24.3 Å². The Bertz CT molecular complexity index is 1910. The monoisotopic (exact) mass is 726 g/mol. The van der Waals surface area contributed by atoms with Crippen molar-refractivity contribution >= 4 is 24.0 Å². The molecule has 6 rings (SSSR count). The van der Waals surface area contributed by atoms with E-state index < -0.39 is 24.3 Å². The number of likely N-dealkylation sites (N-methyl/N-ethyl adjacent to an activating group) is 1. The summed E-state index contributed by atoms with van der Waals surface area (Å²) in [5.74, 6) is 0.959. The molecular formula is C38H46N8O7. The molecule has 4 amide bonds. The molecule has 0 aliphatic carbocycles. The molecule has 2 aromatic carbocycles. The van der Waals surface area contributed by atoms with Gasteiger partial charge in [0.15, 0.2) is 0 Å². The van der Waals surface area contributed by atoms with E-state index in [-0.39, 0.29) is 36.9 Å². The second kappa shape index (κ2) is 16.3. The van der Waals surface area contributed by atoms with Crippen molar-refractivity contribution in [2.75, 3.05) is 41.0 Å². The lowest BCUT2D eigenvalue weighted by Gasteiger charge is -2.31. The minimum absolute atomic E-state index is 0.179. The van der Waals surface area contributed by atoms with E-state index in [0.717, 1.165) is 64.2 Å². The van der Waals surface area contributed by atoms with E-state index in [0.29, 0.717) is 24.7 Å². The third kappa shape index (κ3) is 8.04. The minimum Gasteiger partial charge on any atom is -0.465 e. The van der Waals surface area contributed by atoms with Gasteiger partial charge in [-0.05, 0) is 54.9 Å². The van der Waals surface area contributed by atoms with Gasteiger partial charge in [-0.2, -0.15) is 0 Å². The first-order valence-electron chi connectivity index (χ1n) is 17.8. The first-order chi connectivity index (χ1) is 25.6. The number of H-pyrrole nitrogens is 2. The topological polar surface area (TPSA) is 186 Å². The second-order valence-electron chi connectivity index (χ2n) is 13.4. The van der Waals surface area contributed by atoms with Gasteiger partial charge in [-0.25, -0.2) is 19.6 Å². The molecule has 15 nitrogen and oxygen atoms in total. The fourth-order valence-electron chi connectivity index (χ4n) is 7.20. The smallest absolute Gasteiger partial charge is 0.407 e. The van der Waals surface area contributed by atoms with Gasteiger partial charge in [0.25, 0.3) is 0 Å². The predicted molar refractivity (Wildman–Crippen MR) is 195 cm³/mol. The molecule has 0 bridgehead atoms. The third-order valence-electron chi connectivity index (χ3n) is 10.2. The zero-order valence-corrected chi connectivity index (χ0v) is 30.4. The lowest BCUT2D eigenvalue weighted by atomic mass is 10.0. The summed E-state index contributed by atoms with van der Waals surface area (Å²) < 4.78 is 9.78. The van der Waals surface area contributed by atoms with Crippen LogP contribution in [-0.4, -0.2) is 117 Å². The number of alkyl carbamates (subject to hydrolysis) is 1. The van der Waals surface area contributed by atoms with Crippen LogP contribution >= 0.6 is 0 Å². The number of hydrogen-bond acceptors (Lipinski definition) is 8. The van der Waals surface area contributed by atoms with Crippen LogP contribution in [0.1, 0.15) is 62.8 Å². The van der Waals surface area contributed by atoms with Gasteiger partial charge in [0.05, 0.1) is 43.0 Å². The van der Waals surface area contributed by atoms with Gasteiger partial charge in [0.1, 0.15) is 23.7 Å². The largest absolute Gasteiger partial charge is 0.465 e. The van der Waals surface area contributed by atoms with Gasteiger partial charge in [-0.15, -0.1) is 0 Å². The Morgan fingerprint density at radius 1 is 0.830 bits per heavy atom. The number of ether oxygens (including phenoxy) is 2. The number of carbonyl (C=O) groups is 4. The molecule has 2 fully saturated rings. The molecular weight excluding hydrogens is 680 g/mol. The lowest BCUT2D eigenvalue weighted by Crippen LogP contribution is -2.49. The first-order valence-corrected chi connectivity index (χ1v) is 17.8. The van der Waals surface area contributed by atoms with Crippen LogP contribution in [0.3, 0.4) is 0 Å². The van der Waals surface area contributed by atoms with Crippen molar-refractivity contribution < 1.29 is 33.8 Å². The van der Waals surface area contributed by atoms with Crippen molar-refractivity contribution in [3.8, 4) is 33.6 Å². The molecule has 2 aliphatic heterocycles. The first kappa shape index (κ1) is 37.1. The molecule has 4 atom stereocenters. The maximum Gasteiger partial charge on any atom is 0.407 e. The number of amides is 4. The molecule has 4 aromatic rings. The van der Waals surface area contributed by atoms with Crippen LogP contribution in [0.25, 0.3) is 33.6 Å². The van der Waals surface area contributed by atoms with Crippen molar-refractivity contribution in [3.05, 3.63) is 72.6 Å². The van der Waals surface area contributed by atoms with Crippen LogP contribution in [0.2, 0.25) is 0 Å². The Morgan fingerprint density at radius 3 is 1.75 bits per heavy atom. The SMILES string of the molecule is COCC[C@@H](C(=O)N1CCC[C@H]1c1ncc(-c2ccc(-c3ccc(-c4cnc([C@@H]5CCCN5C(=O)[C@H](C)NC(=O)OC)[nH]4)cc3)cc2)[nH]1)N(C)C(=O)O. The van der Waals surface area contributed by atoms with E-state index in [1.165, 1.54) is 21.3 Å². The zero-order valence-electron chi connectivity index (χ0n) is 30.4. The number of aromatic nitrogens is 4. The number of hydrogen-bond donors (Lipinski definition) is 4. The van der Waals surface area contributed by atoms with Crippen molar-refractivity contribution in [3.63, 3.8) is 0 Å². The van der Waals surface area contributed by atoms with Gasteiger partial charge >= 0.3 is 12.2 Å². The van der Waals surface area contributed by atoms with Crippen molar-refractivity contribution in [2.45, 2.75) is 63.2 Å². The highest BCUT2D eigenvalue weighted by Crippen LogP contribution is 2.35. The maximum atomic E-state index is 13.6. The number of carboxylic acid groups (broad SMARTS) is 1. The standard InChI is InChI=1S/C38H46N8O7/c1-23(41-37(49)53-4)35(47)45-18-5-7-30(45)33-39-21-28(42-33)26-13-9-24(10-14-26)25-11-15-27(16-12-25)29-22-40-34(43-29)31-8-6-19-46(31)36(48)32(17-20-52-3)44(2)38(50)51/h9-16,21-23,30-32H,5-8,17-20H2,1-4H3,(H,39,42)(H,40,43)(H,41,49)(H,50,51)/t23-,30-,31-,32-/m0/s1. The summed E-state index contributed by atoms with van der Waals surface area (Å²) in [6.45, 7) is 3.04. The number of nitrogens with zero attached hydrogens (tertiary/aromatic N) is 5. The number of nitrogens with one attached hydrogen (secondary N) is 3. The maximum absolute atomic E-state index is 13.6. The Morgan fingerprint density at radius 2 is 1.30 bits per heavy atom. The van der Waals surface area contributed by atoms with Crippen LogP contribution in [0.15, 0.2) is 60.9 Å². The van der Waals surface area contributed by atoms with Crippen molar-refractivity contribution in [2.24, 2.45) is 0 Å². The predicted octanol–water partition coefficient (Wildman–Crippen LogP) is 5.22. The highest BCUT2D eigenvalue weighted by atomic mass is 16.5. The molecule has 0 spiro atoms. The Hall–Kier alpha value is -5.70. The molecule has 15 heteroatoms. The number of imidazole rings is 2. The van der Waals surface area contributed by atoms with Crippen LogP contribution in [-0.2, 0) is 19.1 Å². The fourth-order valence-corrected chi connectivity index (χ4v) is 7.20. The molecule has 4 N–H and O–H groups in total. The highest BCUT2D eigenvalue weighted by molar-refractivity contribution is 5.86. The van der Waals surface area contributed by atoms with Crippen molar-refractivity contribution in [1.29, 1.82) is 0 Å². The summed E-state index contributed by atoms with van der Waals surface area (Å²) in [7, 11) is 4.21. The number of likely N-dealkylation sites (tertiary alicyclic amines) is 2. The number of aromatic amines is 2. The summed E-state index contributed by atoms with van der Waals surface area (Å²) in [5.41, 5.74) is 5.66. The molecule has 2 saturated heterocycles. The summed E-state index contributed by atoms with van der Waals surface area (Å²) in [6.07, 6.45) is 5.17. The normalized spacial score (nSPS) is 18.1. The van der Waals surface area contributed by atoms with Gasteiger partial charge < -0.3 is 39.7 Å². The van der Waals surface area contributed by atoms with Gasteiger partial charge in [-0.3, -0.25) is 14.5 Å². The van der Waals surface area contributed by atoms with Crippen LogP contribution < -0.4 is 5.32 Å². The lowest BCUT2D eigenvalue weighted by molar-refractivity contribution is -0.137. The molecule has 4 heterocycles.